The van der Waals surface area contributed by atoms with Gasteiger partial charge in [-0.15, -0.1) is 0 Å². The van der Waals surface area contributed by atoms with E-state index in [-0.39, 0.29) is 0 Å². The molecular formula is C9H20N2O. The normalized spacial score (nSPS) is 24.8. The highest BCUT2D eigenvalue weighted by Crippen LogP contribution is 2.09. The van der Waals surface area contributed by atoms with Crippen molar-refractivity contribution >= 4 is 0 Å². The van der Waals surface area contributed by atoms with Crippen molar-refractivity contribution in [3.8, 4) is 0 Å². The van der Waals surface area contributed by atoms with E-state index in [1.54, 1.807) is 0 Å². The molecule has 0 spiro atoms. The van der Waals surface area contributed by atoms with Crippen molar-refractivity contribution in [1.82, 2.24) is 10.2 Å². The molecule has 0 aromatic carbocycles. The molecule has 3 heteroatoms. The molecule has 3 nitrogen and oxygen atoms in total. The Morgan fingerprint density at radius 1 is 1.42 bits per heavy atom. The van der Waals surface area contributed by atoms with Crippen LogP contribution in [0, 0.1) is 0 Å². The lowest BCUT2D eigenvalue weighted by atomic mass is 10.2. The quantitative estimate of drug-likeness (QED) is 0.674. The van der Waals surface area contributed by atoms with Crippen LogP contribution in [0.15, 0.2) is 0 Å². The molecule has 1 fully saturated rings. The number of likely N-dealkylation sites (N-methyl/N-ethyl adjacent to an activating group) is 1. The predicted octanol–water partition coefficient (Wildman–Crippen LogP) is 0.664. The molecule has 0 bridgehead atoms. The summed E-state index contributed by atoms with van der Waals surface area (Å²) in [7, 11) is 4.17. The first-order valence-electron chi connectivity index (χ1n) is 4.79. The summed E-state index contributed by atoms with van der Waals surface area (Å²) in [4.78, 5) is 2.18. The van der Waals surface area contributed by atoms with Crippen LogP contribution < -0.4 is 5.32 Å². The zero-order valence-corrected chi connectivity index (χ0v) is 8.18. The van der Waals surface area contributed by atoms with Crippen molar-refractivity contribution in [2.24, 2.45) is 0 Å². The molecule has 1 heterocycles. The minimum Gasteiger partial charge on any atom is -0.363 e. The van der Waals surface area contributed by atoms with Gasteiger partial charge in [0.25, 0.3) is 0 Å². The van der Waals surface area contributed by atoms with Gasteiger partial charge in [0.15, 0.2) is 0 Å². The maximum Gasteiger partial charge on any atom is 0.108 e. The Hall–Kier alpha value is -0.120. The number of hydrogen-bond acceptors (Lipinski definition) is 3. The van der Waals surface area contributed by atoms with E-state index in [4.69, 9.17) is 4.74 Å². The maximum absolute atomic E-state index is 5.53. The molecule has 0 radical (unpaired) electrons. The first-order valence-corrected chi connectivity index (χ1v) is 4.79. The summed E-state index contributed by atoms with van der Waals surface area (Å²) in [5.74, 6) is 0. The van der Waals surface area contributed by atoms with Gasteiger partial charge in [-0.05, 0) is 33.4 Å². The lowest BCUT2D eigenvalue weighted by Crippen LogP contribution is -2.38. The van der Waals surface area contributed by atoms with Crippen LogP contribution in [-0.2, 0) is 4.74 Å². The van der Waals surface area contributed by atoms with E-state index < -0.39 is 0 Å². The Kier molecular flexibility index (Phi) is 4.58. The maximum atomic E-state index is 5.53. The highest BCUT2D eigenvalue weighted by atomic mass is 16.5. The fourth-order valence-corrected chi connectivity index (χ4v) is 1.35. The highest BCUT2D eigenvalue weighted by molar-refractivity contribution is 4.62. The van der Waals surface area contributed by atoms with Crippen LogP contribution in [-0.4, -0.2) is 44.9 Å². The van der Waals surface area contributed by atoms with Crippen LogP contribution in [0.5, 0.6) is 0 Å². The summed E-state index contributed by atoms with van der Waals surface area (Å²) in [6.45, 7) is 3.04. The zero-order valence-electron chi connectivity index (χ0n) is 8.18. The van der Waals surface area contributed by atoms with Gasteiger partial charge in [-0.1, -0.05) is 0 Å². The van der Waals surface area contributed by atoms with E-state index in [0.717, 1.165) is 19.7 Å². The molecule has 0 aromatic heterocycles. The van der Waals surface area contributed by atoms with Crippen LogP contribution in [0.25, 0.3) is 0 Å². The third kappa shape index (κ3) is 4.04. The van der Waals surface area contributed by atoms with Gasteiger partial charge in [-0.25, -0.2) is 0 Å². The van der Waals surface area contributed by atoms with Crippen molar-refractivity contribution in [3.63, 3.8) is 0 Å². The summed E-state index contributed by atoms with van der Waals surface area (Å²) in [6.07, 6.45) is 4.03. The molecule has 1 aliphatic rings. The number of rotatable bonds is 4. The third-order valence-electron chi connectivity index (χ3n) is 2.11. The number of nitrogens with one attached hydrogen (secondary N) is 1. The molecule has 0 saturated carbocycles. The molecule has 0 aliphatic carbocycles. The largest absolute Gasteiger partial charge is 0.363 e. The molecule has 1 N–H and O–H groups in total. The Labute approximate surface area is 75.1 Å². The van der Waals surface area contributed by atoms with Gasteiger partial charge in [0.05, 0.1) is 0 Å². The van der Waals surface area contributed by atoms with E-state index >= 15 is 0 Å². The van der Waals surface area contributed by atoms with Crippen LogP contribution >= 0.6 is 0 Å². The predicted molar refractivity (Wildman–Crippen MR) is 50.1 cm³/mol. The van der Waals surface area contributed by atoms with Crippen molar-refractivity contribution in [1.29, 1.82) is 0 Å². The zero-order chi connectivity index (χ0) is 8.81. The Bertz CT molecular complexity index is 111. The van der Waals surface area contributed by atoms with E-state index in [9.17, 15) is 0 Å². The monoisotopic (exact) mass is 172 g/mol. The van der Waals surface area contributed by atoms with Crippen molar-refractivity contribution in [2.45, 2.75) is 25.5 Å². The summed E-state index contributed by atoms with van der Waals surface area (Å²) in [5.41, 5.74) is 0. The molecule has 1 atom stereocenters. The number of ether oxygens (including phenoxy) is 1. The van der Waals surface area contributed by atoms with Gasteiger partial charge < -0.3 is 9.64 Å². The van der Waals surface area contributed by atoms with Gasteiger partial charge in [-0.3, -0.25) is 5.32 Å². The summed E-state index contributed by atoms with van der Waals surface area (Å²) in [6, 6.07) is 0. The fraction of sp³-hybridized carbons (Fsp3) is 1.00. The molecular weight excluding hydrogens is 152 g/mol. The second kappa shape index (κ2) is 5.51. The fourth-order valence-electron chi connectivity index (χ4n) is 1.35. The number of nitrogens with zero attached hydrogens (tertiary/aromatic N) is 1. The minimum absolute atomic E-state index is 0.318. The van der Waals surface area contributed by atoms with E-state index in [0.29, 0.717) is 6.23 Å². The first kappa shape index (κ1) is 9.96. The highest BCUT2D eigenvalue weighted by Gasteiger charge is 2.11. The lowest BCUT2D eigenvalue weighted by molar-refractivity contribution is -0.00562. The molecule has 0 amide bonds. The summed E-state index contributed by atoms with van der Waals surface area (Å²) >= 11 is 0. The minimum atomic E-state index is 0.318. The van der Waals surface area contributed by atoms with Gasteiger partial charge in [0, 0.05) is 19.7 Å². The third-order valence-corrected chi connectivity index (χ3v) is 2.11. The van der Waals surface area contributed by atoms with E-state index in [2.05, 4.69) is 24.3 Å². The second-order valence-corrected chi connectivity index (χ2v) is 3.61. The first-order chi connectivity index (χ1) is 5.79. The van der Waals surface area contributed by atoms with Crippen LogP contribution in [0.3, 0.4) is 0 Å². The standard InChI is InChI=1S/C9H20N2O/c1-11(2)7-6-10-9-5-3-4-8-12-9/h9-10H,3-8H2,1-2H3. The summed E-state index contributed by atoms with van der Waals surface area (Å²) < 4.78 is 5.53. The van der Waals surface area contributed by atoms with E-state index in [1.807, 2.05) is 0 Å². The average molecular weight is 172 g/mol. The topological polar surface area (TPSA) is 24.5 Å². The SMILES string of the molecule is CN(C)CCNC1CCCCO1. The van der Waals surface area contributed by atoms with Gasteiger partial charge in [0.1, 0.15) is 6.23 Å². The molecule has 1 aliphatic heterocycles. The Morgan fingerprint density at radius 3 is 2.83 bits per heavy atom. The van der Waals surface area contributed by atoms with Crippen LogP contribution in [0.4, 0.5) is 0 Å². The van der Waals surface area contributed by atoms with Crippen molar-refractivity contribution in [2.75, 3.05) is 33.8 Å². The van der Waals surface area contributed by atoms with Crippen molar-refractivity contribution < 1.29 is 4.74 Å². The molecule has 0 aromatic rings. The molecule has 1 rings (SSSR count). The number of hydrogen-bond donors (Lipinski definition) is 1. The van der Waals surface area contributed by atoms with Gasteiger partial charge in [0.2, 0.25) is 0 Å². The van der Waals surface area contributed by atoms with Gasteiger partial charge >= 0.3 is 0 Å². The summed E-state index contributed by atoms with van der Waals surface area (Å²) in [5, 5.41) is 3.39. The lowest BCUT2D eigenvalue weighted by Gasteiger charge is -2.24. The second-order valence-electron chi connectivity index (χ2n) is 3.61. The average Bonchev–Trinajstić information content (AvgIpc) is 2.05. The van der Waals surface area contributed by atoms with Crippen molar-refractivity contribution in [3.05, 3.63) is 0 Å². The molecule has 72 valence electrons. The Morgan fingerprint density at radius 2 is 2.25 bits per heavy atom. The van der Waals surface area contributed by atoms with E-state index in [1.165, 1.54) is 19.3 Å². The molecule has 1 unspecified atom stereocenters. The van der Waals surface area contributed by atoms with Gasteiger partial charge in [-0.2, -0.15) is 0 Å². The molecule has 12 heavy (non-hydrogen) atoms. The smallest absolute Gasteiger partial charge is 0.108 e. The van der Waals surface area contributed by atoms with Crippen LogP contribution in [0.2, 0.25) is 0 Å². The van der Waals surface area contributed by atoms with Crippen LogP contribution in [0.1, 0.15) is 19.3 Å². The molecule has 1 saturated heterocycles. The Balaban J connectivity index is 1.98.